The molecule has 88 valence electrons. The van der Waals surface area contributed by atoms with Crippen molar-refractivity contribution in [1.82, 2.24) is 5.32 Å². The minimum Gasteiger partial charge on any atom is -0.316 e. The van der Waals surface area contributed by atoms with E-state index in [9.17, 15) is 4.39 Å². The van der Waals surface area contributed by atoms with Crippen molar-refractivity contribution in [3.63, 3.8) is 0 Å². The molecule has 0 unspecified atom stereocenters. The summed E-state index contributed by atoms with van der Waals surface area (Å²) < 4.78 is 13.6. The minimum atomic E-state index is -0.171. The quantitative estimate of drug-likeness (QED) is 0.833. The number of hydrogen-bond donors (Lipinski definition) is 1. The third-order valence-corrected chi connectivity index (χ3v) is 3.52. The van der Waals surface area contributed by atoms with E-state index >= 15 is 0 Å². The van der Waals surface area contributed by atoms with E-state index in [4.69, 9.17) is 11.6 Å². The van der Waals surface area contributed by atoms with Crippen molar-refractivity contribution in [2.75, 3.05) is 13.1 Å². The molecule has 3 heteroatoms. The van der Waals surface area contributed by atoms with Crippen molar-refractivity contribution in [3.8, 4) is 0 Å². The average Bonchev–Trinajstić information content (AvgIpc) is 3.00. The van der Waals surface area contributed by atoms with Gasteiger partial charge in [0.15, 0.2) is 0 Å². The first-order valence-corrected chi connectivity index (χ1v) is 6.18. The summed E-state index contributed by atoms with van der Waals surface area (Å²) in [7, 11) is 0. The van der Waals surface area contributed by atoms with Crippen LogP contribution in [0.2, 0.25) is 5.02 Å². The number of nitrogens with one attached hydrogen (secondary N) is 1. The Morgan fingerprint density at radius 1 is 1.44 bits per heavy atom. The van der Waals surface area contributed by atoms with E-state index in [0.717, 1.165) is 25.1 Å². The predicted molar refractivity (Wildman–Crippen MR) is 65.3 cm³/mol. The number of rotatable bonds is 5. The molecule has 1 nitrogen and oxygen atoms in total. The van der Waals surface area contributed by atoms with Crippen molar-refractivity contribution in [3.05, 3.63) is 34.6 Å². The molecule has 0 heterocycles. The van der Waals surface area contributed by atoms with Gasteiger partial charge < -0.3 is 5.32 Å². The Bertz CT molecular complexity index is 374. The third-order valence-electron chi connectivity index (χ3n) is 3.29. The normalized spacial score (nSPS) is 17.4. The fourth-order valence-electron chi connectivity index (χ4n) is 2.05. The van der Waals surface area contributed by atoms with Crippen LogP contribution in [0, 0.1) is 11.2 Å². The van der Waals surface area contributed by atoms with E-state index in [1.165, 1.54) is 18.9 Å². The van der Waals surface area contributed by atoms with Crippen molar-refractivity contribution >= 4 is 11.6 Å². The molecule has 1 aromatic rings. The summed E-state index contributed by atoms with van der Waals surface area (Å²) in [5.41, 5.74) is 1.09. The van der Waals surface area contributed by atoms with Crippen LogP contribution in [0.25, 0.3) is 0 Å². The fraction of sp³-hybridized carbons (Fsp3) is 0.538. The van der Waals surface area contributed by atoms with E-state index in [1.807, 2.05) is 6.07 Å². The Kier molecular flexibility index (Phi) is 3.50. The van der Waals surface area contributed by atoms with Gasteiger partial charge in [-0.1, -0.05) is 24.6 Å². The highest BCUT2D eigenvalue weighted by molar-refractivity contribution is 6.30. The van der Waals surface area contributed by atoms with Gasteiger partial charge in [0.25, 0.3) is 0 Å². The lowest BCUT2D eigenvalue weighted by Gasteiger charge is -2.16. The average molecular weight is 242 g/mol. The zero-order chi connectivity index (χ0) is 11.6. The first-order chi connectivity index (χ1) is 7.65. The molecule has 0 aromatic heterocycles. The molecule has 0 saturated heterocycles. The van der Waals surface area contributed by atoms with E-state index in [2.05, 4.69) is 12.2 Å². The molecule has 2 rings (SSSR count). The van der Waals surface area contributed by atoms with Crippen LogP contribution in [0.1, 0.15) is 25.3 Å². The zero-order valence-corrected chi connectivity index (χ0v) is 10.3. The molecule has 0 bridgehead atoms. The summed E-state index contributed by atoms with van der Waals surface area (Å²) in [5, 5.41) is 3.82. The number of benzene rings is 1. The van der Waals surface area contributed by atoms with Crippen molar-refractivity contribution in [1.29, 1.82) is 0 Å². The van der Waals surface area contributed by atoms with Gasteiger partial charge in [-0.15, -0.1) is 0 Å². The van der Waals surface area contributed by atoms with Crippen LogP contribution in [0.4, 0.5) is 4.39 Å². The van der Waals surface area contributed by atoms with E-state index in [0.29, 0.717) is 10.4 Å². The van der Waals surface area contributed by atoms with Crippen LogP contribution in [0.15, 0.2) is 18.2 Å². The highest BCUT2D eigenvalue weighted by Gasteiger charge is 2.42. The maximum atomic E-state index is 13.6. The minimum absolute atomic E-state index is 0.171. The zero-order valence-electron chi connectivity index (χ0n) is 9.52. The molecule has 1 saturated carbocycles. The van der Waals surface area contributed by atoms with Gasteiger partial charge in [-0.05, 0) is 48.9 Å². The van der Waals surface area contributed by atoms with Gasteiger partial charge in [0.1, 0.15) is 5.82 Å². The highest BCUT2D eigenvalue weighted by atomic mass is 35.5. The molecule has 16 heavy (non-hydrogen) atoms. The van der Waals surface area contributed by atoms with Gasteiger partial charge in [-0.3, -0.25) is 0 Å². The van der Waals surface area contributed by atoms with Gasteiger partial charge in [0.05, 0.1) is 0 Å². The lowest BCUT2D eigenvalue weighted by molar-refractivity contribution is 0.452. The lowest BCUT2D eigenvalue weighted by Crippen LogP contribution is -2.25. The second-order valence-electron chi connectivity index (χ2n) is 4.69. The van der Waals surface area contributed by atoms with E-state index in [-0.39, 0.29) is 5.82 Å². The van der Waals surface area contributed by atoms with Gasteiger partial charge in [0, 0.05) is 11.6 Å². The Balaban J connectivity index is 2.03. The molecular weight excluding hydrogens is 225 g/mol. The monoisotopic (exact) mass is 241 g/mol. The lowest BCUT2D eigenvalue weighted by atomic mass is 9.96. The summed E-state index contributed by atoms with van der Waals surface area (Å²) in [6.45, 7) is 4.06. The Morgan fingerprint density at radius 3 is 2.75 bits per heavy atom. The van der Waals surface area contributed by atoms with Gasteiger partial charge in [-0.2, -0.15) is 0 Å². The first-order valence-electron chi connectivity index (χ1n) is 5.80. The Hall–Kier alpha value is -0.600. The maximum Gasteiger partial charge on any atom is 0.127 e. The molecule has 0 radical (unpaired) electrons. The molecule has 1 aromatic carbocycles. The second-order valence-corrected chi connectivity index (χ2v) is 5.13. The van der Waals surface area contributed by atoms with Crippen LogP contribution in [-0.4, -0.2) is 13.1 Å². The van der Waals surface area contributed by atoms with Crippen LogP contribution < -0.4 is 5.32 Å². The van der Waals surface area contributed by atoms with Crippen LogP contribution >= 0.6 is 11.6 Å². The fourth-order valence-corrected chi connectivity index (χ4v) is 2.21. The first kappa shape index (κ1) is 11.9. The van der Waals surface area contributed by atoms with Crippen molar-refractivity contribution in [2.45, 2.75) is 26.2 Å². The topological polar surface area (TPSA) is 12.0 Å². The smallest absolute Gasteiger partial charge is 0.127 e. The summed E-state index contributed by atoms with van der Waals surface area (Å²) in [6, 6.07) is 4.98. The second kappa shape index (κ2) is 4.72. The van der Waals surface area contributed by atoms with Crippen LogP contribution in [-0.2, 0) is 6.42 Å². The molecule has 0 aliphatic heterocycles. The van der Waals surface area contributed by atoms with Crippen LogP contribution in [0.5, 0.6) is 0 Å². The van der Waals surface area contributed by atoms with Gasteiger partial charge in [0.2, 0.25) is 0 Å². The van der Waals surface area contributed by atoms with E-state index in [1.54, 1.807) is 6.07 Å². The molecule has 1 N–H and O–H groups in total. The number of halogens is 2. The Morgan fingerprint density at radius 2 is 2.19 bits per heavy atom. The molecule has 0 atom stereocenters. The highest BCUT2D eigenvalue weighted by Crippen LogP contribution is 2.48. The van der Waals surface area contributed by atoms with Crippen molar-refractivity contribution in [2.24, 2.45) is 5.41 Å². The van der Waals surface area contributed by atoms with Crippen LogP contribution in [0.3, 0.4) is 0 Å². The molecule has 1 aliphatic carbocycles. The Labute approximate surface area is 101 Å². The summed E-state index contributed by atoms with van der Waals surface area (Å²) in [6.07, 6.45) is 3.22. The molecule has 0 spiro atoms. The maximum absolute atomic E-state index is 13.6. The largest absolute Gasteiger partial charge is 0.316 e. The predicted octanol–water partition coefficient (Wildman–Crippen LogP) is 3.41. The SMILES string of the molecule is CCNCC1(Cc2ccc(Cl)cc2F)CC1. The number of hydrogen-bond acceptors (Lipinski definition) is 1. The third kappa shape index (κ3) is 2.74. The molecule has 1 aliphatic rings. The molecular formula is C13H17ClFN. The summed E-state index contributed by atoms with van der Waals surface area (Å²) >= 11 is 5.74. The summed E-state index contributed by atoms with van der Waals surface area (Å²) in [4.78, 5) is 0. The summed E-state index contributed by atoms with van der Waals surface area (Å²) in [5.74, 6) is -0.171. The molecule has 1 fully saturated rings. The van der Waals surface area contributed by atoms with E-state index < -0.39 is 0 Å². The van der Waals surface area contributed by atoms with Crippen molar-refractivity contribution < 1.29 is 4.39 Å². The molecule has 0 amide bonds. The van der Waals surface area contributed by atoms with Gasteiger partial charge in [-0.25, -0.2) is 4.39 Å². The van der Waals surface area contributed by atoms with Gasteiger partial charge >= 0.3 is 0 Å². The standard InChI is InChI=1S/C13H17ClFN/c1-2-16-9-13(5-6-13)8-10-3-4-11(14)7-12(10)15/h3-4,7,16H,2,5-6,8-9H2,1H3.